The third-order valence-electron chi connectivity index (χ3n) is 4.18. The third kappa shape index (κ3) is 11.9. The molecule has 0 radical (unpaired) electrons. The summed E-state index contributed by atoms with van der Waals surface area (Å²) in [6.45, 7) is 0.554. The number of carboxylic acids is 2. The van der Waals surface area contributed by atoms with E-state index in [1.807, 2.05) is 0 Å². The first kappa shape index (κ1) is 30.1. The van der Waals surface area contributed by atoms with Gasteiger partial charge < -0.3 is 35.4 Å². The van der Waals surface area contributed by atoms with Crippen LogP contribution < -0.4 is 5.11 Å². The molecule has 0 aliphatic heterocycles. The summed E-state index contributed by atoms with van der Waals surface area (Å²) in [5.74, 6) is -2.32. The molecule has 14 nitrogen and oxygen atoms in total. The topological polar surface area (TPSA) is 214 Å². The van der Waals surface area contributed by atoms with E-state index in [1.54, 1.807) is 18.2 Å². The fourth-order valence-corrected chi connectivity index (χ4v) is 2.49. The Hall–Kier alpha value is -3.98. The Morgan fingerprint density at radius 2 is 1.08 bits per heavy atom. The molecule has 2 aromatic rings. The van der Waals surface area contributed by atoms with Gasteiger partial charge in [0, 0.05) is 0 Å². The number of carbonyl (C=O) groups excluding carboxylic acids is 1. The van der Waals surface area contributed by atoms with Crippen LogP contribution in [-0.2, 0) is 0 Å². The van der Waals surface area contributed by atoms with Gasteiger partial charge in [0.1, 0.15) is 0 Å². The number of aliphatic hydroxyl groups excluding tert-OH is 4. The van der Waals surface area contributed by atoms with Gasteiger partial charge in [-0.1, -0.05) is 28.6 Å². The fraction of sp³-hybridized carbons (Fsp3) is 0.364. The van der Waals surface area contributed by atoms with Crippen molar-refractivity contribution in [1.29, 1.82) is 0 Å². The number of aromatic carboxylic acids is 2. The number of carboxylic acid groups (broad SMARTS) is 2. The number of carbonyl (C=O) groups is 2. The van der Waals surface area contributed by atoms with Crippen LogP contribution in [0.15, 0.2) is 69.2 Å². The van der Waals surface area contributed by atoms with E-state index in [0.717, 1.165) is 0 Å². The second-order valence-corrected chi connectivity index (χ2v) is 6.87. The van der Waals surface area contributed by atoms with Gasteiger partial charge in [0.2, 0.25) is 0 Å². The van der Waals surface area contributed by atoms with Crippen molar-refractivity contribution in [2.75, 3.05) is 52.6 Å². The minimum Gasteiger partial charge on any atom is -0.545 e. The molecule has 0 spiro atoms. The number of benzene rings is 2. The molecular formula is C22H29N6O8-. The Balaban J connectivity index is 0.000000360. The maximum Gasteiger partial charge on any atom is 0.335 e. The van der Waals surface area contributed by atoms with Crippen molar-refractivity contribution >= 4 is 23.3 Å². The van der Waals surface area contributed by atoms with Gasteiger partial charge in [-0.05, 0) is 35.9 Å². The van der Waals surface area contributed by atoms with Gasteiger partial charge in [0.25, 0.3) is 0 Å². The number of hydrogen-bond acceptors (Lipinski definition) is 11. The van der Waals surface area contributed by atoms with Gasteiger partial charge in [-0.3, -0.25) is 10.0 Å². The van der Waals surface area contributed by atoms with E-state index in [2.05, 4.69) is 20.7 Å². The Morgan fingerprint density at radius 3 is 1.44 bits per heavy atom. The van der Waals surface area contributed by atoms with Gasteiger partial charge in [0.05, 0.1) is 75.5 Å². The molecule has 0 saturated heterocycles. The van der Waals surface area contributed by atoms with E-state index in [9.17, 15) is 14.7 Å². The van der Waals surface area contributed by atoms with E-state index in [1.165, 1.54) is 40.3 Å². The summed E-state index contributed by atoms with van der Waals surface area (Å²) in [4.78, 5) is 21.4. The summed E-state index contributed by atoms with van der Waals surface area (Å²) in [6.07, 6.45) is 0. The zero-order chi connectivity index (χ0) is 26.8. The summed E-state index contributed by atoms with van der Waals surface area (Å²) in [5.41, 5.74) is 0.901. The predicted molar refractivity (Wildman–Crippen MR) is 125 cm³/mol. The molecule has 5 N–H and O–H groups in total. The molecule has 0 atom stereocenters. The molecule has 0 amide bonds. The van der Waals surface area contributed by atoms with Crippen LogP contribution in [0.25, 0.3) is 0 Å². The summed E-state index contributed by atoms with van der Waals surface area (Å²) in [7, 11) is 0. The quantitative estimate of drug-likeness (QED) is 0.171. The summed E-state index contributed by atoms with van der Waals surface area (Å²) >= 11 is 0. The van der Waals surface area contributed by atoms with Crippen LogP contribution in [0, 0.1) is 0 Å². The highest BCUT2D eigenvalue weighted by molar-refractivity contribution is 5.88. The van der Waals surface area contributed by atoms with Gasteiger partial charge in [-0.15, -0.1) is 10.2 Å². The lowest BCUT2D eigenvalue weighted by Gasteiger charge is -2.14. The predicted octanol–water partition coefficient (Wildman–Crippen LogP) is 0.00550. The lowest BCUT2D eigenvalue weighted by molar-refractivity contribution is -0.255. The largest absolute Gasteiger partial charge is 0.545 e. The summed E-state index contributed by atoms with van der Waals surface area (Å²) in [5, 5.41) is 72.6. The second kappa shape index (κ2) is 17.5. The minimum absolute atomic E-state index is 0.0160. The third-order valence-corrected chi connectivity index (χ3v) is 4.18. The van der Waals surface area contributed by atoms with Crippen LogP contribution in [0.3, 0.4) is 0 Å². The standard InChI is InChI=1S/2C11H15N3O4/c2*15-6-4-14(5-7-16)13-12-10-3-1-2-9(8-10)11(17)18/h2*1-3,8,15-16H,4-7H2,(H,17,18)/p-1. The molecule has 14 heteroatoms. The highest BCUT2D eigenvalue weighted by Gasteiger charge is 2.04. The van der Waals surface area contributed by atoms with Crippen molar-refractivity contribution in [3.63, 3.8) is 0 Å². The van der Waals surface area contributed by atoms with Crippen molar-refractivity contribution < 1.29 is 40.2 Å². The fourth-order valence-electron chi connectivity index (χ4n) is 2.49. The summed E-state index contributed by atoms with van der Waals surface area (Å²) in [6, 6.07) is 11.9. The number of aliphatic hydroxyl groups is 4. The van der Waals surface area contributed by atoms with E-state index in [4.69, 9.17) is 25.5 Å². The van der Waals surface area contributed by atoms with E-state index < -0.39 is 11.9 Å². The van der Waals surface area contributed by atoms with Crippen molar-refractivity contribution in [2.24, 2.45) is 20.7 Å². The maximum atomic E-state index is 10.7. The van der Waals surface area contributed by atoms with Crippen molar-refractivity contribution in [3.8, 4) is 0 Å². The Bertz CT molecular complexity index is 913. The van der Waals surface area contributed by atoms with Gasteiger partial charge in [-0.25, -0.2) is 4.79 Å². The molecular weight excluding hydrogens is 476 g/mol. The van der Waals surface area contributed by atoms with Crippen LogP contribution in [0.1, 0.15) is 20.7 Å². The number of rotatable bonds is 14. The van der Waals surface area contributed by atoms with Gasteiger partial charge in [-0.2, -0.15) is 0 Å². The van der Waals surface area contributed by atoms with E-state index in [0.29, 0.717) is 11.4 Å². The SMILES string of the molecule is O=C(O)c1cccc(N=NN(CCO)CCO)c1.O=C([O-])c1cccc(N=NN(CCO)CCO)c1. The van der Waals surface area contributed by atoms with Gasteiger partial charge in [0.15, 0.2) is 0 Å². The Labute approximate surface area is 207 Å². The zero-order valence-electron chi connectivity index (χ0n) is 19.4. The normalized spacial score (nSPS) is 10.8. The van der Waals surface area contributed by atoms with Crippen LogP contribution >= 0.6 is 0 Å². The molecule has 0 unspecified atom stereocenters. The first-order valence-corrected chi connectivity index (χ1v) is 10.8. The average Bonchev–Trinajstić information content (AvgIpc) is 2.87. The monoisotopic (exact) mass is 505 g/mol. The van der Waals surface area contributed by atoms with Gasteiger partial charge >= 0.3 is 5.97 Å². The van der Waals surface area contributed by atoms with E-state index >= 15 is 0 Å². The Morgan fingerprint density at radius 1 is 0.694 bits per heavy atom. The molecule has 0 fully saturated rings. The Kier molecular flexibility index (Phi) is 14.6. The molecule has 0 aliphatic rings. The molecule has 0 saturated carbocycles. The molecule has 2 aromatic carbocycles. The number of nitrogens with zero attached hydrogens (tertiary/aromatic N) is 6. The molecule has 36 heavy (non-hydrogen) atoms. The molecule has 0 aliphatic carbocycles. The molecule has 0 heterocycles. The lowest BCUT2D eigenvalue weighted by Crippen LogP contribution is -2.24. The highest BCUT2D eigenvalue weighted by Crippen LogP contribution is 2.16. The van der Waals surface area contributed by atoms with Crippen molar-refractivity contribution in [2.45, 2.75) is 0 Å². The summed E-state index contributed by atoms with van der Waals surface area (Å²) < 4.78 is 0. The van der Waals surface area contributed by atoms with Crippen LogP contribution in [-0.4, -0.2) is 100 Å². The molecule has 0 bridgehead atoms. The maximum absolute atomic E-state index is 10.7. The molecule has 196 valence electrons. The van der Waals surface area contributed by atoms with Crippen LogP contribution in [0.2, 0.25) is 0 Å². The lowest BCUT2D eigenvalue weighted by atomic mass is 10.2. The second-order valence-electron chi connectivity index (χ2n) is 6.87. The van der Waals surface area contributed by atoms with Crippen molar-refractivity contribution in [3.05, 3.63) is 59.7 Å². The average molecular weight is 506 g/mol. The van der Waals surface area contributed by atoms with Crippen LogP contribution in [0.4, 0.5) is 11.4 Å². The molecule has 0 aromatic heterocycles. The first-order valence-electron chi connectivity index (χ1n) is 10.8. The minimum atomic E-state index is -1.28. The molecule has 2 rings (SSSR count). The van der Waals surface area contributed by atoms with Crippen molar-refractivity contribution in [1.82, 2.24) is 10.0 Å². The highest BCUT2D eigenvalue weighted by atomic mass is 16.4. The zero-order valence-corrected chi connectivity index (χ0v) is 19.4. The van der Waals surface area contributed by atoms with E-state index in [-0.39, 0.29) is 63.7 Å². The van der Waals surface area contributed by atoms with Crippen LogP contribution in [0.5, 0.6) is 0 Å². The number of hydrogen-bond donors (Lipinski definition) is 5. The smallest absolute Gasteiger partial charge is 0.335 e. The first-order chi connectivity index (χ1) is 17.3.